The van der Waals surface area contributed by atoms with Gasteiger partial charge in [0, 0.05) is 0 Å². The molecule has 0 bridgehead atoms. The smallest absolute Gasteiger partial charge is 0.125 e. The third kappa shape index (κ3) is 3.33. The van der Waals surface area contributed by atoms with Gasteiger partial charge in [-0.2, -0.15) is 5.26 Å². The first-order valence-corrected chi connectivity index (χ1v) is 9.77. The van der Waals surface area contributed by atoms with Gasteiger partial charge in [0.25, 0.3) is 0 Å². The lowest BCUT2D eigenvalue weighted by Gasteiger charge is -2.52. The second-order valence-corrected chi connectivity index (χ2v) is 7.94. The van der Waals surface area contributed by atoms with Gasteiger partial charge in [0.1, 0.15) is 5.60 Å². The van der Waals surface area contributed by atoms with E-state index in [2.05, 4.69) is 37.0 Å². The van der Waals surface area contributed by atoms with Crippen molar-refractivity contribution in [3.05, 3.63) is 34.9 Å². The molecule has 0 saturated heterocycles. The van der Waals surface area contributed by atoms with E-state index < -0.39 is 5.60 Å². The molecule has 0 heterocycles. The topological polar surface area (TPSA) is 44.0 Å². The maximum absolute atomic E-state index is 10.9. The van der Waals surface area contributed by atoms with E-state index in [0.29, 0.717) is 5.92 Å². The number of rotatable bonds is 4. The number of nitrogens with zero attached hydrogens (tertiary/aromatic N) is 1. The fourth-order valence-electron chi connectivity index (χ4n) is 5.26. The van der Waals surface area contributed by atoms with Gasteiger partial charge in [-0.15, -0.1) is 5.92 Å². The van der Waals surface area contributed by atoms with Gasteiger partial charge >= 0.3 is 0 Å². The average Bonchev–Trinajstić information content (AvgIpc) is 2.62. The van der Waals surface area contributed by atoms with Crippen LogP contribution in [0.5, 0.6) is 0 Å². The first kappa shape index (κ1) is 18.0. The van der Waals surface area contributed by atoms with E-state index in [4.69, 9.17) is 0 Å². The molecule has 2 heteroatoms. The van der Waals surface area contributed by atoms with Crippen molar-refractivity contribution in [2.24, 2.45) is 5.92 Å². The summed E-state index contributed by atoms with van der Waals surface area (Å²) >= 11 is 0. The minimum Gasteiger partial charge on any atom is -0.378 e. The summed E-state index contributed by atoms with van der Waals surface area (Å²) in [5, 5.41) is 20.1. The van der Waals surface area contributed by atoms with Gasteiger partial charge in [-0.25, -0.2) is 0 Å². The molecule has 0 aliphatic heterocycles. The van der Waals surface area contributed by atoms with Crippen LogP contribution in [0.2, 0.25) is 0 Å². The quantitative estimate of drug-likeness (QED) is 0.630. The zero-order valence-electron chi connectivity index (χ0n) is 15.6. The lowest BCUT2D eigenvalue weighted by Crippen LogP contribution is -2.49. The Labute approximate surface area is 152 Å². The number of hydrogen-bond donors (Lipinski definition) is 1. The Hall–Kier alpha value is -1.77. The summed E-state index contributed by atoms with van der Waals surface area (Å²) in [6, 6.07) is 8.57. The molecule has 2 nitrogen and oxygen atoms in total. The molecule has 0 spiro atoms. The zero-order chi connectivity index (χ0) is 17.9. The van der Waals surface area contributed by atoms with Crippen LogP contribution in [0.1, 0.15) is 81.9 Å². The molecule has 3 rings (SSSR count). The minimum absolute atomic E-state index is 0.165. The SMILES string of the molecule is CC#C[C@@]1(O)CC[C@@]2(CCCCC)c3ccc(C#N)cc3CC[C@@H]2C1. The Morgan fingerprint density at radius 1 is 1.28 bits per heavy atom. The maximum Gasteiger partial charge on any atom is 0.125 e. The largest absolute Gasteiger partial charge is 0.378 e. The van der Waals surface area contributed by atoms with E-state index in [1.54, 1.807) is 0 Å². The fraction of sp³-hybridized carbons (Fsp3) is 0.609. The lowest BCUT2D eigenvalue weighted by molar-refractivity contribution is -0.0114. The van der Waals surface area contributed by atoms with Crippen molar-refractivity contribution in [1.82, 2.24) is 0 Å². The molecule has 1 fully saturated rings. The van der Waals surface area contributed by atoms with Crippen molar-refractivity contribution in [2.75, 3.05) is 0 Å². The summed E-state index contributed by atoms with van der Waals surface area (Å²) in [6.07, 6.45) is 9.60. The molecule has 3 atom stereocenters. The van der Waals surface area contributed by atoms with Crippen LogP contribution in [0.25, 0.3) is 0 Å². The second kappa shape index (κ2) is 7.23. The monoisotopic (exact) mass is 335 g/mol. The highest BCUT2D eigenvalue weighted by Gasteiger charge is 2.50. The van der Waals surface area contributed by atoms with E-state index in [-0.39, 0.29) is 5.41 Å². The number of aryl methyl sites for hydroxylation is 1. The van der Waals surface area contributed by atoms with Gasteiger partial charge in [-0.05, 0) is 80.0 Å². The molecule has 0 radical (unpaired) electrons. The van der Waals surface area contributed by atoms with E-state index in [9.17, 15) is 10.4 Å². The first-order valence-electron chi connectivity index (χ1n) is 9.77. The maximum atomic E-state index is 10.9. The fourth-order valence-corrected chi connectivity index (χ4v) is 5.26. The number of nitriles is 1. The predicted molar refractivity (Wildman–Crippen MR) is 101 cm³/mol. The third-order valence-corrected chi connectivity index (χ3v) is 6.47. The molecule has 2 aliphatic rings. The van der Waals surface area contributed by atoms with Crippen molar-refractivity contribution < 1.29 is 5.11 Å². The average molecular weight is 335 g/mol. The van der Waals surface area contributed by atoms with Crippen LogP contribution in [0.3, 0.4) is 0 Å². The zero-order valence-corrected chi connectivity index (χ0v) is 15.6. The summed E-state index contributed by atoms with van der Waals surface area (Å²) in [5.41, 5.74) is 2.94. The van der Waals surface area contributed by atoms with Gasteiger partial charge in [0.05, 0.1) is 11.6 Å². The van der Waals surface area contributed by atoms with E-state index in [0.717, 1.165) is 37.7 Å². The highest BCUT2D eigenvalue weighted by atomic mass is 16.3. The molecule has 1 aromatic carbocycles. The molecule has 1 saturated carbocycles. The van der Waals surface area contributed by atoms with Crippen LogP contribution in [-0.4, -0.2) is 10.7 Å². The molecular formula is C23H29NO. The van der Waals surface area contributed by atoms with Gasteiger partial charge < -0.3 is 5.11 Å². The van der Waals surface area contributed by atoms with E-state index in [1.165, 1.54) is 36.8 Å². The minimum atomic E-state index is -0.808. The third-order valence-electron chi connectivity index (χ3n) is 6.47. The normalized spacial score (nSPS) is 30.4. The Bertz CT molecular complexity index is 735. The number of benzene rings is 1. The van der Waals surface area contributed by atoms with Crippen LogP contribution in [0, 0.1) is 29.1 Å². The molecule has 0 amide bonds. The summed E-state index contributed by atoms with van der Waals surface area (Å²) in [6.45, 7) is 4.07. The van der Waals surface area contributed by atoms with E-state index in [1.807, 2.05) is 13.0 Å². The molecule has 1 N–H and O–H groups in total. The predicted octanol–water partition coefficient (Wildman–Crippen LogP) is 4.88. The van der Waals surface area contributed by atoms with Crippen molar-refractivity contribution in [3.8, 4) is 17.9 Å². The molecule has 25 heavy (non-hydrogen) atoms. The van der Waals surface area contributed by atoms with E-state index >= 15 is 0 Å². The molecule has 2 aliphatic carbocycles. The van der Waals surface area contributed by atoms with Crippen molar-refractivity contribution in [3.63, 3.8) is 0 Å². The Balaban J connectivity index is 1.99. The van der Waals surface area contributed by atoms with Crippen LogP contribution < -0.4 is 0 Å². The van der Waals surface area contributed by atoms with Crippen molar-refractivity contribution in [1.29, 1.82) is 5.26 Å². The molecule has 0 aromatic heterocycles. The van der Waals surface area contributed by atoms with Crippen LogP contribution >= 0.6 is 0 Å². The van der Waals surface area contributed by atoms with Crippen molar-refractivity contribution in [2.45, 2.75) is 82.7 Å². The van der Waals surface area contributed by atoms with Gasteiger partial charge in [-0.3, -0.25) is 0 Å². The number of hydrogen-bond acceptors (Lipinski definition) is 2. The van der Waals surface area contributed by atoms with Crippen LogP contribution in [-0.2, 0) is 11.8 Å². The molecule has 0 unspecified atom stereocenters. The molecule has 1 aromatic rings. The standard InChI is InChI=1S/C23H29NO/c1-3-5-6-12-23-14-13-22(25,11-4-2)16-20(23)9-8-19-15-18(17-24)7-10-21(19)23/h7,10,15,20,25H,3,5-6,8-9,12-14,16H2,1-2H3/t20-,22-,23-/m1/s1. The molecular weight excluding hydrogens is 306 g/mol. The first-order chi connectivity index (χ1) is 12.1. The summed E-state index contributed by atoms with van der Waals surface area (Å²) < 4.78 is 0. The number of unbranched alkanes of at least 4 members (excludes halogenated alkanes) is 2. The van der Waals surface area contributed by atoms with Crippen LogP contribution in [0.15, 0.2) is 18.2 Å². The van der Waals surface area contributed by atoms with Gasteiger partial charge in [0.15, 0.2) is 0 Å². The van der Waals surface area contributed by atoms with Gasteiger partial charge in [-0.1, -0.05) is 38.2 Å². The second-order valence-electron chi connectivity index (χ2n) is 7.94. The Morgan fingerprint density at radius 3 is 2.84 bits per heavy atom. The highest BCUT2D eigenvalue weighted by molar-refractivity contribution is 5.45. The van der Waals surface area contributed by atoms with Crippen molar-refractivity contribution >= 4 is 0 Å². The highest BCUT2D eigenvalue weighted by Crippen LogP contribution is 2.55. The number of fused-ring (bicyclic) bond motifs is 3. The van der Waals surface area contributed by atoms with Crippen LogP contribution in [0.4, 0.5) is 0 Å². The number of aliphatic hydroxyl groups is 1. The Kier molecular flexibility index (Phi) is 5.21. The molecule has 132 valence electrons. The summed E-state index contributed by atoms with van der Waals surface area (Å²) in [5.74, 6) is 6.51. The lowest BCUT2D eigenvalue weighted by atomic mass is 9.53. The summed E-state index contributed by atoms with van der Waals surface area (Å²) in [7, 11) is 0. The Morgan fingerprint density at radius 2 is 2.12 bits per heavy atom. The van der Waals surface area contributed by atoms with Gasteiger partial charge in [0.2, 0.25) is 0 Å². The summed E-state index contributed by atoms with van der Waals surface area (Å²) in [4.78, 5) is 0.